The number of thioether (sulfide) groups is 1. The van der Waals surface area contributed by atoms with Gasteiger partial charge in [-0.2, -0.15) is 4.31 Å². The minimum absolute atomic E-state index is 0. The van der Waals surface area contributed by atoms with E-state index in [0.717, 1.165) is 17.4 Å². The summed E-state index contributed by atoms with van der Waals surface area (Å²) in [6, 6.07) is 4.96. The Bertz CT molecular complexity index is 1130. The Morgan fingerprint density at radius 2 is 1.86 bits per heavy atom. The van der Waals surface area contributed by atoms with E-state index in [0.29, 0.717) is 13.1 Å². The summed E-state index contributed by atoms with van der Waals surface area (Å²) in [7, 11) is -2.26. The molecular weight excluding hydrogens is 540 g/mol. The second kappa shape index (κ2) is 13.2. The van der Waals surface area contributed by atoms with Gasteiger partial charge in [0.05, 0.1) is 0 Å². The summed E-state index contributed by atoms with van der Waals surface area (Å²) in [6.07, 6.45) is 0.140. The molecule has 2 amide bonds. The van der Waals surface area contributed by atoms with Gasteiger partial charge in [0.15, 0.2) is 0 Å². The lowest BCUT2D eigenvalue weighted by atomic mass is 10.0. The van der Waals surface area contributed by atoms with Crippen LogP contribution in [0.25, 0.3) is 0 Å². The van der Waals surface area contributed by atoms with Gasteiger partial charge in [-0.05, 0) is 40.0 Å². The summed E-state index contributed by atoms with van der Waals surface area (Å²) < 4.78 is 33.7. The third kappa shape index (κ3) is 7.31. The summed E-state index contributed by atoms with van der Waals surface area (Å²) >= 11 is 1.38. The van der Waals surface area contributed by atoms with Crippen LogP contribution in [-0.2, 0) is 19.6 Å². The lowest BCUT2D eigenvalue weighted by Crippen LogP contribution is -2.63. The number of ether oxygens (including phenoxy) is 1. The quantitative estimate of drug-likeness (QED) is 0.285. The second-order valence-corrected chi connectivity index (χ2v) is 13.2. The average molecular weight is 575 g/mol. The summed E-state index contributed by atoms with van der Waals surface area (Å²) in [5, 5.41) is 9.05. The zero-order chi connectivity index (χ0) is 26.5. The molecular formula is C24H35ClN4O6S2. The van der Waals surface area contributed by atoms with Gasteiger partial charge in [-0.25, -0.2) is 13.9 Å². The molecule has 2 atom stereocenters. The first-order valence-corrected chi connectivity index (χ1v) is 14.0. The normalized spacial score (nSPS) is 22.2. The van der Waals surface area contributed by atoms with Gasteiger partial charge in [0, 0.05) is 49.1 Å². The zero-order valence-corrected chi connectivity index (χ0v) is 23.9. The van der Waals surface area contributed by atoms with E-state index in [2.05, 4.69) is 16.7 Å². The minimum Gasteiger partial charge on any atom is -0.480 e. The predicted molar refractivity (Wildman–Crippen MR) is 144 cm³/mol. The standard InChI is InChI=1S/C24H34N4O6S2.ClH/c1-5-6-15-34-19-9-7-8-10-20(19)36(32,33)28-17-18(35-24(2,3)22(28)23(30)25-31)16-21(29)27-13-11-26(4)12-14-27;/h7-10,18,22,31H,11-17H2,1-4H3,(H,25,30);1H/t18-,22-;/m0./s1. The Morgan fingerprint density at radius 3 is 2.49 bits per heavy atom. The highest BCUT2D eigenvalue weighted by Gasteiger charge is 2.52. The van der Waals surface area contributed by atoms with Crippen LogP contribution in [0.5, 0.6) is 5.75 Å². The van der Waals surface area contributed by atoms with Crippen molar-refractivity contribution in [2.45, 2.75) is 48.1 Å². The van der Waals surface area contributed by atoms with Crippen LogP contribution in [0, 0.1) is 11.8 Å². The number of benzene rings is 1. The minimum atomic E-state index is -4.26. The molecule has 1 aromatic rings. The van der Waals surface area contributed by atoms with Crippen LogP contribution < -0.4 is 10.2 Å². The van der Waals surface area contributed by atoms with Crippen molar-refractivity contribution >= 4 is 46.0 Å². The number of carbonyl (C=O) groups excluding carboxylic acids is 2. The SMILES string of the molecule is CC#CCOc1ccccc1S(=O)(=O)N1C[C@H](CC(=O)N2CCN(C)CC2)SC(C)(C)[C@@H]1C(=O)NO.Cl. The molecule has 0 radical (unpaired) electrons. The van der Waals surface area contributed by atoms with E-state index in [9.17, 15) is 23.2 Å². The summed E-state index contributed by atoms with van der Waals surface area (Å²) in [6.45, 7) is 7.89. The van der Waals surface area contributed by atoms with Crippen LogP contribution in [0.4, 0.5) is 0 Å². The van der Waals surface area contributed by atoms with Crippen LogP contribution in [0.1, 0.15) is 27.2 Å². The maximum atomic E-state index is 14.0. The fourth-order valence-electron chi connectivity index (χ4n) is 4.51. The van der Waals surface area contributed by atoms with E-state index in [1.165, 1.54) is 23.9 Å². The van der Waals surface area contributed by atoms with Gasteiger partial charge in [-0.1, -0.05) is 18.1 Å². The molecule has 2 saturated heterocycles. The number of likely N-dealkylation sites (N-methyl/N-ethyl adjacent to an activating group) is 1. The Kier molecular flexibility index (Phi) is 11.1. The van der Waals surface area contributed by atoms with Crippen molar-refractivity contribution in [2.24, 2.45) is 0 Å². The first-order valence-electron chi connectivity index (χ1n) is 11.7. The Morgan fingerprint density at radius 1 is 1.22 bits per heavy atom. The molecule has 2 N–H and O–H groups in total. The van der Waals surface area contributed by atoms with E-state index in [1.807, 2.05) is 7.05 Å². The molecule has 2 aliphatic rings. The molecule has 0 unspecified atom stereocenters. The number of sulfonamides is 1. The first-order chi connectivity index (χ1) is 17.0. The number of hydroxylamine groups is 1. The molecule has 0 spiro atoms. The van der Waals surface area contributed by atoms with Crippen molar-refractivity contribution in [2.75, 3.05) is 46.4 Å². The van der Waals surface area contributed by atoms with E-state index < -0.39 is 26.7 Å². The van der Waals surface area contributed by atoms with Gasteiger partial charge in [0.1, 0.15) is 23.3 Å². The lowest BCUT2D eigenvalue weighted by molar-refractivity contribution is -0.134. The highest BCUT2D eigenvalue weighted by Crippen LogP contribution is 2.44. The van der Waals surface area contributed by atoms with Crippen LogP contribution >= 0.6 is 24.2 Å². The van der Waals surface area contributed by atoms with Crippen LogP contribution in [0.2, 0.25) is 0 Å². The Labute approximate surface area is 229 Å². The third-order valence-electron chi connectivity index (χ3n) is 6.33. The van der Waals surface area contributed by atoms with Gasteiger partial charge in [0.25, 0.3) is 5.91 Å². The molecule has 0 aliphatic carbocycles. The number of para-hydroxylation sites is 1. The fraction of sp³-hybridized carbons (Fsp3) is 0.583. The van der Waals surface area contributed by atoms with Crippen molar-refractivity contribution in [1.82, 2.24) is 19.6 Å². The van der Waals surface area contributed by atoms with Crippen LogP contribution in [-0.4, -0.2) is 102 Å². The van der Waals surface area contributed by atoms with Crippen molar-refractivity contribution in [3.8, 4) is 17.6 Å². The van der Waals surface area contributed by atoms with E-state index in [1.54, 1.807) is 43.3 Å². The fourth-order valence-corrected chi connectivity index (χ4v) is 8.25. The van der Waals surface area contributed by atoms with Gasteiger partial charge in [-0.3, -0.25) is 14.8 Å². The summed E-state index contributed by atoms with van der Waals surface area (Å²) in [5.41, 5.74) is 1.62. The van der Waals surface area contributed by atoms with E-state index in [4.69, 9.17) is 4.74 Å². The molecule has 2 aliphatic heterocycles. The Hall–Kier alpha value is -2.01. The van der Waals surface area contributed by atoms with Crippen LogP contribution in [0.3, 0.4) is 0 Å². The lowest BCUT2D eigenvalue weighted by Gasteiger charge is -2.47. The van der Waals surface area contributed by atoms with Crippen molar-refractivity contribution < 1.29 is 28.0 Å². The number of hydrogen-bond donors (Lipinski definition) is 2. The molecule has 0 aromatic heterocycles. The molecule has 0 bridgehead atoms. The van der Waals surface area contributed by atoms with Gasteiger partial charge < -0.3 is 14.5 Å². The number of amides is 2. The molecule has 37 heavy (non-hydrogen) atoms. The molecule has 2 heterocycles. The highest BCUT2D eigenvalue weighted by atomic mass is 35.5. The van der Waals surface area contributed by atoms with E-state index in [-0.39, 0.29) is 53.8 Å². The Balaban J connectivity index is 0.00000481. The number of piperazine rings is 1. The number of rotatable bonds is 7. The van der Waals surface area contributed by atoms with Crippen LogP contribution in [0.15, 0.2) is 29.2 Å². The number of hydrogen-bond acceptors (Lipinski definition) is 8. The molecule has 13 heteroatoms. The number of halogens is 1. The molecule has 1 aromatic carbocycles. The number of nitrogens with one attached hydrogen (secondary N) is 1. The average Bonchev–Trinajstić information content (AvgIpc) is 2.83. The largest absolute Gasteiger partial charge is 0.480 e. The predicted octanol–water partition coefficient (Wildman–Crippen LogP) is 1.43. The topological polar surface area (TPSA) is 119 Å². The van der Waals surface area contributed by atoms with Crippen molar-refractivity contribution in [3.05, 3.63) is 24.3 Å². The molecule has 0 saturated carbocycles. The maximum absolute atomic E-state index is 14.0. The van der Waals surface area contributed by atoms with Gasteiger partial charge in [-0.15, -0.1) is 30.1 Å². The molecule has 206 valence electrons. The highest BCUT2D eigenvalue weighted by molar-refractivity contribution is 8.01. The van der Waals surface area contributed by atoms with Crippen molar-refractivity contribution in [3.63, 3.8) is 0 Å². The molecule has 3 rings (SSSR count). The van der Waals surface area contributed by atoms with E-state index >= 15 is 0 Å². The number of nitrogens with zero attached hydrogens (tertiary/aromatic N) is 3. The molecule has 10 nitrogen and oxygen atoms in total. The number of carbonyl (C=O) groups is 2. The van der Waals surface area contributed by atoms with Gasteiger partial charge in [0.2, 0.25) is 15.9 Å². The summed E-state index contributed by atoms with van der Waals surface area (Å²) in [4.78, 5) is 29.7. The first kappa shape index (κ1) is 31.2. The summed E-state index contributed by atoms with van der Waals surface area (Å²) in [5.74, 6) is 4.67. The van der Waals surface area contributed by atoms with Gasteiger partial charge >= 0.3 is 0 Å². The maximum Gasteiger partial charge on any atom is 0.263 e. The monoisotopic (exact) mass is 574 g/mol. The smallest absolute Gasteiger partial charge is 0.263 e. The zero-order valence-electron chi connectivity index (χ0n) is 21.5. The molecule has 2 fully saturated rings. The second-order valence-electron chi connectivity index (χ2n) is 9.35. The van der Waals surface area contributed by atoms with Crippen molar-refractivity contribution in [1.29, 1.82) is 0 Å². The third-order valence-corrected chi connectivity index (χ3v) is 9.68.